The highest BCUT2D eigenvalue weighted by molar-refractivity contribution is 5.00. The Morgan fingerprint density at radius 1 is 1.82 bits per heavy atom. The van der Waals surface area contributed by atoms with Crippen molar-refractivity contribution in [2.75, 3.05) is 6.54 Å². The third-order valence-electron chi connectivity index (χ3n) is 1.51. The molecule has 0 saturated carbocycles. The molecule has 0 aliphatic carbocycles. The molecule has 0 aromatic carbocycles. The van der Waals surface area contributed by atoms with Crippen molar-refractivity contribution in [2.45, 2.75) is 6.42 Å². The van der Waals surface area contributed by atoms with Gasteiger partial charge in [0.2, 0.25) is 0 Å². The van der Waals surface area contributed by atoms with E-state index in [2.05, 4.69) is 10.4 Å². The van der Waals surface area contributed by atoms with Gasteiger partial charge in [-0.2, -0.15) is 10.4 Å². The summed E-state index contributed by atoms with van der Waals surface area (Å²) in [5.41, 5.74) is 1.13. The Bertz CT molecular complexity index is 258. The quantitative estimate of drug-likeness (QED) is 0.376. The SMILES string of the molecule is Cn1nccc1CCNC#N. The van der Waals surface area contributed by atoms with Crippen LogP contribution in [0.2, 0.25) is 0 Å². The zero-order valence-electron chi connectivity index (χ0n) is 6.41. The lowest BCUT2D eigenvalue weighted by atomic mass is 10.3. The van der Waals surface area contributed by atoms with Crippen LogP contribution in [0.4, 0.5) is 0 Å². The smallest absolute Gasteiger partial charge is 0.176 e. The van der Waals surface area contributed by atoms with Crippen molar-refractivity contribution in [2.24, 2.45) is 7.05 Å². The van der Waals surface area contributed by atoms with Gasteiger partial charge in [0, 0.05) is 31.9 Å². The number of aromatic nitrogens is 2. The standard InChI is InChI=1S/C7H10N4/c1-11-7(3-5-10-11)2-4-9-6-8/h3,5,9H,2,4H2,1H3. The molecular formula is C7H10N4. The highest BCUT2D eigenvalue weighted by Gasteiger charge is 1.95. The molecule has 58 valence electrons. The Hall–Kier alpha value is -1.50. The van der Waals surface area contributed by atoms with Crippen LogP contribution >= 0.6 is 0 Å². The van der Waals surface area contributed by atoms with Crippen LogP contribution in [0, 0.1) is 11.5 Å². The molecule has 0 aliphatic heterocycles. The molecule has 0 radical (unpaired) electrons. The molecule has 1 aromatic rings. The number of hydrogen-bond donors (Lipinski definition) is 1. The van der Waals surface area contributed by atoms with Gasteiger partial charge < -0.3 is 5.32 Å². The van der Waals surface area contributed by atoms with E-state index in [1.54, 1.807) is 10.9 Å². The van der Waals surface area contributed by atoms with Crippen molar-refractivity contribution in [1.29, 1.82) is 5.26 Å². The third-order valence-corrected chi connectivity index (χ3v) is 1.51. The third kappa shape index (κ3) is 1.97. The average Bonchev–Trinajstić information content (AvgIpc) is 2.37. The predicted octanol–water partition coefficient (Wildman–Crippen LogP) is 0.0333. The van der Waals surface area contributed by atoms with Crippen LogP contribution < -0.4 is 5.32 Å². The van der Waals surface area contributed by atoms with E-state index < -0.39 is 0 Å². The number of nitrogens with zero attached hydrogens (tertiary/aromatic N) is 3. The Labute approximate surface area is 65.4 Å². The molecule has 0 spiro atoms. The van der Waals surface area contributed by atoms with Gasteiger partial charge in [0.1, 0.15) is 0 Å². The fraction of sp³-hybridized carbons (Fsp3) is 0.429. The highest BCUT2D eigenvalue weighted by Crippen LogP contribution is 1.95. The van der Waals surface area contributed by atoms with Crippen molar-refractivity contribution in [3.05, 3.63) is 18.0 Å². The van der Waals surface area contributed by atoms with Crippen LogP contribution in [0.25, 0.3) is 0 Å². The van der Waals surface area contributed by atoms with Gasteiger partial charge in [0.25, 0.3) is 0 Å². The topological polar surface area (TPSA) is 53.6 Å². The van der Waals surface area contributed by atoms with Gasteiger partial charge in [-0.3, -0.25) is 4.68 Å². The van der Waals surface area contributed by atoms with E-state index in [4.69, 9.17) is 5.26 Å². The summed E-state index contributed by atoms with van der Waals surface area (Å²) in [5.74, 6) is 0. The Morgan fingerprint density at radius 2 is 2.64 bits per heavy atom. The van der Waals surface area contributed by atoms with E-state index in [0.29, 0.717) is 6.54 Å². The highest BCUT2D eigenvalue weighted by atomic mass is 15.3. The summed E-state index contributed by atoms with van der Waals surface area (Å²) in [6.45, 7) is 0.677. The first-order valence-corrected chi connectivity index (χ1v) is 3.43. The van der Waals surface area contributed by atoms with Crippen LogP contribution in [-0.2, 0) is 13.5 Å². The first kappa shape index (κ1) is 7.61. The molecule has 0 aliphatic rings. The largest absolute Gasteiger partial charge is 0.323 e. The molecule has 4 heteroatoms. The van der Waals surface area contributed by atoms with Gasteiger partial charge >= 0.3 is 0 Å². The van der Waals surface area contributed by atoms with E-state index in [-0.39, 0.29) is 0 Å². The van der Waals surface area contributed by atoms with Crippen molar-refractivity contribution >= 4 is 0 Å². The molecule has 11 heavy (non-hydrogen) atoms. The van der Waals surface area contributed by atoms with Crippen LogP contribution in [0.5, 0.6) is 0 Å². The number of nitriles is 1. The molecule has 0 bridgehead atoms. The zero-order chi connectivity index (χ0) is 8.10. The van der Waals surface area contributed by atoms with Gasteiger partial charge in [-0.05, 0) is 6.07 Å². The lowest BCUT2D eigenvalue weighted by Crippen LogP contribution is -2.12. The first-order valence-electron chi connectivity index (χ1n) is 3.43. The van der Waals surface area contributed by atoms with Crippen molar-refractivity contribution in [3.8, 4) is 6.19 Å². The fourth-order valence-electron chi connectivity index (χ4n) is 0.893. The maximum atomic E-state index is 8.18. The Kier molecular flexibility index (Phi) is 2.50. The maximum absolute atomic E-state index is 8.18. The van der Waals surface area contributed by atoms with Gasteiger partial charge in [-0.25, -0.2) is 0 Å². The lowest BCUT2D eigenvalue weighted by Gasteiger charge is -1.98. The molecule has 0 fully saturated rings. The monoisotopic (exact) mass is 150 g/mol. The number of rotatable bonds is 3. The molecule has 4 nitrogen and oxygen atoms in total. The molecule has 1 heterocycles. The average molecular weight is 150 g/mol. The minimum absolute atomic E-state index is 0.677. The number of nitrogens with one attached hydrogen (secondary N) is 1. The van der Waals surface area contributed by atoms with E-state index in [1.165, 1.54) is 0 Å². The first-order chi connectivity index (χ1) is 5.34. The van der Waals surface area contributed by atoms with E-state index in [0.717, 1.165) is 12.1 Å². The maximum Gasteiger partial charge on any atom is 0.176 e. The summed E-state index contributed by atoms with van der Waals surface area (Å²) in [7, 11) is 1.89. The van der Waals surface area contributed by atoms with Gasteiger partial charge in [-0.1, -0.05) is 0 Å². The van der Waals surface area contributed by atoms with Crippen molar-refractivity contribution in [3.63, 3.8) is 0 Å². The summed E-state index contributed by atoms with van der Waals surface area (Å²) >= 11 is 0. The predicted molar refractivity (Wildman–Crippen MR) is 40.5 cm³/mol. The molecule has 0 amide bonds. The molecule has 1 aromatic heterocycles. The van der Waals surface area contributed by atoms with Crippen LogP contribution in [0.15, 0.2) is 12.3 Å². The van der Waals surface area contributed by atoms with Crippen molar-refractivity contribution < 1.29 is 0 Å². The second-order valence-electron chi connectivity index (χ2n) is 2.23. The van der Waals surface area contributed by atoms with Crippen LogP contribution in [-0.4, -0.2) is 16.3 Å². The zero-order valence-corrected chi connectivity index (χ0v) is 6.41. The van der Waals surface area contributed by atoms with Gasteiger partial charge in [-0.15, -0.1) is 0 Å². The summed E-state index contributed by atoms with van der Waals surface area (Å²) in [5, 5.41) is 14.8. The second kappa shape index (κ2) is 3.62. The molecular weight excluding hydrogens is 140 g/mol. The number of hydrogen-bond acceptors (Lipinski definition) is 3. The van der Waals surface area contributed by atoms with Crippen LogP contribution in [0.1, 0.15) is 5.69 Å². The van der Waals surface area contributed by atoms with Crippen molar-refractivity contribution in [1.82, 2.24) is 15.1 Å². The van der Waals surface area contributed by atoms with E-state index >= 15 is 0 Å². The summed E-state index contributed by atoms with van der Waals surface area (Å²) in [6, 6.07) is 1.94. The molecule has 1 N–H and O–H groups in total. The van der Waals surface area contributed by atoms with Gasteiger partial charge in [0.15, 0.2) is 6.19 Å². The fourth-order valence-corrected chi connectivity index (χ4v) is 0.893. The molecule has 0 atom stereocenters. The van der Waals surface area contributed by atoms with Gasteiger partial charge in [0.05, 0.1) is 0 Å². The van der Waals surface area contributed by atoms with E-state index in [9.17, 15) is 0 Å². The molecule has 0 saturated heterocycles. The van der Waals surface area contributed by atoms with E-state index in [1.807, 2.05) is 19.3 Å². The summed E-state index contributed by atoms with van der Waals surface area (Å²) in [4.78, 5) is 0. The summed E-state index contributed by atoms with van der Waals surface area (Å²) in [6.07, 6.45) is 4.46. The Morgan fingerprint density at radius 3 is 3.18 bits per heavy atom. The Balaban J connectivity index is 2.40. The number of aryl methyl sites for hydroxylation is 1. The van der Waals surface area contributed by atoms with Crippen LogP contribution in [0.3, 0.4) is 0 Å². The normalized spacial score (nSPS) is 9.09. The second-order valence-corrected chi connectivity index (χ2v) is 2.23. The molecule has 0 unspecified atom stereocenters. The molecule has 1 rings (SSSR count). The summed E-state index contributed by atoms with van der Waals surface area (Å²) < 4.78 is 1.80. The minimum atomic E-state index is 0.677. The minimum Gasteiger partial charge on any atom is -0.323 e. The lowest BCUT2D eigenvalue weighted by molar-refractivity contribution is 0.692.